The van der Waals surface area contributed by atoms with Gasteiger partial charge in [-0.15, -0.1) is 22.9 Å². The predicted molar refractivity (Wildman–Crippen MR) is 45.2 cm³/mol. The van der Waals surface area contributed by atoms with Gasteiger partial charge >= 0.3 is 5.97 Å². The Kier molecular flexibility index (Phi) is 2.20. The summed E-state index contributed by atoms with van der Waals surface area (Å²) in [6, 6.07) is 3.50. The maximum absolute atomic E-state index is 10.6. The normalized spacial score (nSPS) is 15.8. The van der Waals surface area contributed by atoms with E-state index in [4.69, 9.17) is 16.7 Å². The van der Waals surface area contributed by atoms with Crippen molar-refractivity contribution in [2.24, 2.45) is 0 Å². The van der Waals surface area contributed by atoms with Crippen LogP contribution < -0.4 is 0 Å². The molecule has 1 rings (SSSR count). The van der Waals surface area contributed by atoms with E-state index in [1.165, 1.54) is 18.3 Å². The standard InChI is InChI=1S/C7H7ClO2S/c1-7(8,6(9)10)5-3-2-4-11-5/h2-4H,1H3,(H,9,10). The Balaban J connectivity index is 3.00. The van der Waals surface area contributed by atoms with Crippen molar-refractivity contribution in [3.8, 4) is 0 Å². The molecule has 60 valence electrons. The molecule has 0 radical (unpaired) electrons. The van der Waals surface area contributed by atoms with E-state index in [0.29, 0.717) is 4.88 Å². The largest absolute Gasteiger partial charge is 0.480 e. The van der Waals surface area contributed by atoms with Crippen molar-refractivity contribution in [2.45, 2.75) is 11.8 Å². The van der Waals surface area contributed by atoms with Gasteiger partial charge in [0.1, 0.15) is 0 Å². The molecule has 0 aromatic carbocycles. The highest BCUT2D eigenvalue weighted by molar-refractivity contribution is 7.10. The summed E-state index contributed by atoms with van der Waals surface area (Å²) >= 11 is 7.09. The summed E-state index contributed by atoms with van der Waals surface area (Å²) in [5.41, 5.74) is 0. The van der Waals surface area contributed by atoms with E-state index in [1.54, 1.807) is 17.5 Å². The molecule has 1 aromatic heterocycles. The lowest BCUT2D eigenvalue weighted by molar-refractivity contribution is -0.139. The molecule has 4 heteroatoms. The van der Waals surface area contributed by atoms with E-state index in [9.17, 15) is 4.79 Å². The van der Waals surface area contributed by atoms with Crippen molar-refractivity contribution < 1.29 is 9.90 Å². The van der Waals surface area contributed by atoms with E-state index in [0.717, 1.165) is 0 Å². The van der Waals surface area contributed by atoms with Crippen LogP contribution in [0.3, 0.4) is 0 Å². The van der Waals surface area contributed by atoms with E-state index in [1.807, 2.05) is 0 Å². The molecule has 0 aliphatic heterocycles. The summed E-state index contributed by atoms with van der Waals surface area (Å²) in [6.07, 6.45) is 0. The van der Waals surface area contributed by atoms with Crippen molar-refractivity contribution in [2.75, 3.05) is 0 Å². The van der Waals surface area contributed by atoms with Gasteiger partial charge in [0, 0.05) is 4.88 Å². The summed E-state index contributed by atoms with van der Waals surface area (Å²) in [7, 11) is 0. The van der Waals surface area contributed by atoms with Crippen LogP contribution in [0.15, 0.2) is 17.5 Å². The topological polar surface area (TPSA) is 37.3 Å². The highest BCUT2D eigenvalue weighted by atomic mass is 35.5. The molecule has 0 amide bonds. The molecule has 1 atom stereocenters. The maximum Gasteiger partial charge on any atom is 0.329 e. The van der Waals surface area contributed by atoms with Crippen LogP contribution in [0.1, 0.15) is 11.8 Å². The minimum Gasteiger partial charge on any atom is -0.480 e. The Morgan fingerprint density at radius 3 is 2.82 bits per heavy atom. The van der Waals surface area contributed by atoms with Gasteiger partial charge in [0.2, 0.25) is 0 Å². The van der Waals surface area contributed by atoms with E-state index in [-0.39, 0.29) is 0 Å². The highest BCUT2D eigenvalue weighted by Crippen LogP contribution is 2.31. The molecule has 1 aromatic rings. The number of carbonyl (C=O) groups is 1. The Labute approximate surface area is 73.4 Å². The third-order valence-electron chi connectivity index (χ3n) is 1.39. The van der Waals surface area contributed by atoms with Gasteiger partial charge in [-0.05, 0) is 18.4 Å². The molecule has 0 saturated carbocycles. The average Bonchev–Trinajstić information content (AvgIpc) is 2.37. The predicted octanol–water partition coefficient (Wildman–Crippen LogP) is 2.29. The lowest BCUT2D eigenvalue weighted by Gasteiger charge is -2.13. The van der Waals surface area contributed by atoms with Gasteiger partial charge in [-0.25, -0.2) is 4.79 Å². The van der Waals surface area contributed by atoms with Crippen LogP contribution in [0.2, 0.25) is 0 Å². The van der Waals surface area contributed by atoms with Gasteiger partial charge in [0.05, 0.1) is 0 Å². The van der Waals surface area contributed by atoms with Gasteiger partial charge in [-0.2, -0.15) is 0 Å². The minimum absolute atomic E-state index is 0.659. The molecule has 0 fully saturated rings. The second-order valence-electron chi connectivity index (χ2n) is 2.29. The first-order chi connectivity index (χ1) is 5.05. The third-order valence-corrected chi connectivity index (χ3v) is 2.95. The van der Waals surface area contributed by atoms with Crippen LogP contribution in [0.5, 0.6) is 0 Å². The molecule has 0 spiro atoms. The van der Waals surface area contributed by atoms with Crippen LogP contribution in [0.4, 0.5) is 0 Å². The summed E-state index contributed by atoms with van der Waals surface area (Å²) < 4.78 is 0. The quantitative estimate of drug-likeness (QED) is 0.727. The second kappa shape index (κ2) is 2.83. The fourth-order valence-electron chi connectivity index (χ4n) is 0.651. The van der Waals surface area contributed by atoms with Crippen molar-refractivity contribution in [1.29, 1.82) is 0 Å². The fourth-order valence-corrected chi connectivity index (χ4v) is 1.62. The molecule has 1 unspecified atom stereocenters. The lowest BCUT2D eigenvalue weighted by atomic mass is 10.1. The first-order valence-corrected chi connectivity index (χ1v) is 4.27. The van der Waals surface area contributed by atoms with Gasteiger partial charge in [-0.3, -0.25) is 0 Å². The summed E-state index contributed by atoms with van der Waals surface area (Å²) in [4.78, 5) is 9.98. The van der Waals surface area contributed by atoms with E-state index >= 15 is 0 Å². The summed E-state index contributed by atoms with van der Waals surface area (Å²) in [6.45, 7) is 1.47. The molecule has 1 heterocycles. The minimum atomic E-state index is -1.27. The number of aliphatic carboxylic acids is 1. The fraction of sp³-hybridized carbons (Fsp3) is 0.286. The second-order valence-corrected chi connectivity index (χ2v) is 3.99. The maximum atomic E-state index is 10.6. The molecule has 0 saturated heterocycles. The molecular weight excluding hydrogens is 184 g/mol. The van der Waals surface area contributed by atoms with Crippen molar-refractivity contribution in [1.82, 2.24) is 0 Å². The third kappa shape index (κ3) is 1.54. The van der Waals surface area contributed by atoms with E-state index < -0.39 is 10.8 Å². The molecule has 0 aliphatic carbocycles. The zero-order chi connectivity index (χ0) is 8.48. The monoisotopic (exact) mass is 190 g/mol. The zero-order valence-electron chi connectivity index (χ0n) is 5.87. The van der Waals surface area contributed by atoms with Crippen LogP contribution >= 0.6 is 22.9 Å². The van der Waals surface area contributed by atoms with Crippen molar-refractivity contribution in [3.63, 3.8) is 0 Å². The summed E-state index contributed by atoms with van der Waals surface area (Å²) in [5, 5.41) is 10.5. The molecule has 2 nitrogen and oxygen atoms in total. The van der Waals surface area contributed by atoms with Gasteiger partial charge in [-0.1, -0.05) is 6.07 Å². The molecule has 0 bridgehead atoms. The number of carboxylic acids is 1. The van der Waals surface area contributed by atoms with Crippen LogP contribution in [-0.2, 0) is 9.67 Å². The molecule has 1 N–H and O–H groups in total. The first-order valence-electron chi connectivity index (χ1n) is 3.01. The van der Waals surface area contributed by atoms with Gasteiger partial charge in [0.15, 0.2) is 4.87 Å². The smallest absolute Gasteiger partial charge is 0.329 e. The number of halogens is 1. The number of hydrogen-bond acceptors (Lipinski definition) is 2. The van der Waals surface area contributed by atoms with Crippen LogP contribution in [0, 0.1) is 0 Å². The first kappa shape index (κ1) is 8.56. The SMILES string of the molecule is CC(Cl)(C(=O)O)c1cccs1. The Morgan fingerprint density at radius 2 is 2.45 bits per heavy atom. The Hall–Kier alpha value is -0.540. The zero-order valence-corrected chi connectivity index (χ0v) is 7.45. The number of hydrogen-bond donors (Lipinski definition) is 1. The number of thiophene rings is 1. The lowest BCUT2D eigenvalue weighted by Crippen LogP contribution is -2.24. The van der Waals surface area contributed by atoms with Gasteiger partial charge in [0.25, 0.3) is 0 Å². The molecule has 11 heavy (non-hydrogen) atoms. The van der Waals surface area contributed by atoms with Crippen molar-refractivity contribution in [3.05, 3.63) is 22.4 Å². The number of alkyl halides is 1. The summed E-state index contributed by atoms with van der Waals surface area (Å²) in [5.74, 6) is -1.01. The van der Waals surface area contributed by atoms with Crippen LogP contribution in [-0.4, -0.2) is 11.1 Å². The molecular formula is C7H7ClO2S. The average molecular weight is 191 g/mol. The number of carboxylic acid groups (broad SMARTS) is 1. The Morgan fingerprint density at radius 1 is 1.82 bits per heavy atom. The van der Waals surface area contributed by atoms with Crippen molar-refractivity contribution >= 4 is 28.9 Å². The highest BCUT2D eigenvalue weighted by Gasteiger charge is 2.33. The van der Waals surface area contributed by atoms with Gasteiger partial charge < -0.3 is 5.11 Å². The van der Waals surface area contributed by atoms with E-state index in [2.05, 4.69) is 0 Å². The Bertz CT molecular complexity index is 253. The molecule has 0 aliphatic rings. The number of rotatable bonds is 2. The van der Waals surface area contributed by atoms with Crippen LogP contribution in [0.25, 0.3) is 0 Å².